The van der Waals surface area contributed by atoms with Gasteiger partial charge < -0.3 is 14.5 Å². The summed E-state index contributed by atoms with van der Waals surface area (Å²) in [6, 6.07) is 13.4. The fourth-order valence-electron chi connectivity index (χ4n) is 2.25. The van der Waals surface area contributed by atoms with Gasteiger partial charge in [0.1, 0.15) is 11.8 Å². The number of nitrogens with one attached hydrogen (secondary N) is 1. The van der Waals surface area contributed by atoms with Gasteiger partial charge in [0.15, 0.2) is 0 Å². The molecule has 0 saturated heterocycles. The Morgan fingerprint density at radius 2 is 2.12 bits per heavy atom. The predicted molar refractivity (Wildman–Crippen MR) is 94.7 cm³/mol. The van der Waals surface area contributed by atoms with Gasteiger partial charge in [-0.2, -0.15) is 10.2 Å². The van der Waals surface area contributed by atoms with Gasteiger partial charge in [0, 0.05) is 30.6 Å². The third-order valence-corrected chi connectivity index (χ3v) is 3.47. The molecule has 124 valence electrons. The number of rotatable bonds is 6. The predicted octanol–water partition coefficient (Wildman–Crippen LogP) is 3.73. The van der Waals surface area contributed by atoms with Gasteiger partial charge in [-0.15, -0.1) is 0 Å². The first-order chi connectivity index (χ1) is 12.3. The highest BCUT2D eigenvalue weighted by molar-refractivity contribution is 5.70. The van der Waals surface area contributed by atoms with Crippen molar-refractivity contribution in [1.82, 2.24) is 9.97 Å². The number of nitrogens with zero attached hydrogens (tertiary/aromatic N) is 3. The zero-order chi connectivity index (χ0) is 17.5. The van der Waals surface area contributed by atoms with Crippen molar-refractivity contribution >= 4 is 18.0 Å². The molecule has 3 rings (SSSR count). The Labute approximate surface area is 145 Å². The van der Waals surface area contributed by atoms with Crippen molar-refractivity contribution in [2.24, 2.45) is 0 Å². The maximum Gasteiger partial charge on any atom is 0.232 e. The van der Waals surface area contributed by atoms with Crippen LogP contribution in [0.2, 0.25) is 0 Å². The average Bonchev–Trinajstić information content (AvgIpc) is 3.08. The van der Waals surface area contributed by atoms with Gasteiger partial charge in [-0.1, -0.05) is 24.3 Å². The first-order valence-corrected chi connectivity index (χ1v) is 7.65. The highest BCUT2D eigenvalue weighted by Crippen LogP contribution is 2.22. The summed E-state index contributed by atoms with van der Waals surface area (Å²) < 4.78 is 10.9. The molecule has 1 aromatic carbocycles. The smallest absolute Gasteiger partial charge is 0.232 e. The van der Waals surface area contributed by atoms with E-state index in [4.69, 9.17) is 9.15 Å². The standard InChI is InChI=1S/C19H16N4O2/c1-24-17-7-3-2-6-15(17)8-9-18-23-16(11-20)19(25-18)22-13-14-5-4-10-21-12-14/h2-10,12,22H,13H2,1H3/b9-8+. The van der Waals surface area contributed by atoms with E-state index in [0.29, 0.717) is 18.3 Å². The summed E-state index contributed by atoms with van der Waals surface area (Å²) in [5.41, 5.74) is 2.09. The lowest BCUT2D eigenvalue weighted by Gasteiger charge is -2.02. The third-order valence-electron chi connectivity index (χ3n) is 3.47. The van der Waals surface area contributed by atoms with Crippen LogP contribution in [0.15, 0.2) is 53.2 Å². The summed E-state index contributed by atoms with van der Waals surface area (Å²) in [6.45, 7) is 0.493. The largest absolute Gasteiger partial charge is 0.496 e. The summed E-state index contributed by atoms with van der Waals surface area (Å²) in [5.74, 6) is 1.43. The molecule has 0 aliphatic carbocycles. The Morgan fingerprint density at radius 1 is 1.24 bits per heavy atom. The minimum atomic E-state index is 0.212. The second-order valence-corrected chi connectivity index (χ2v) is 5.13. The molecule has 0 amide bonds. The number of oxazole rings is 1. The Hall–Kier alpha value is -3.59. The van der Waals surface area contributed by atoms with Crippen molar-refractivity contribution in [3.8, 4) is 11.8 Å². The molecule has 0 aliphatic heterocycles. The topological polar surface area (TPSA) is 84.0 Å². The number of hydrogen-bond acceptors (Lipinski definition) is 6. The zero-order valence-corrected chi connectivity index (χ0v) is 13.6. The second-order valence-electron chi connectivity index (χ2n) is 5.13. The number of nitriles is 1. The normalized spacial score (nSPS) is 10.6. The van der Waals surface area contributed by atoms with Crippen LogP contribution in [0.3, 0.4) is 0 Å². The van der Waals surface area contributed by atoms with Crippen molar-refractivity contribution in [1.29, 1.82) is 5.26 Å². The molecule has 2 heterocycles. The van der Waals surface area contributed by atoms with Crippen LogP contribution in [0.1, 0.15) is 22.7 Å². The maximum absolute atomic E-state index is 9.23. The van der Waals surface area contributed by atoms with Crippen LogP contribution in [0.4, 0.5) is 5.88 Å². The molecule has 0 spiro atoms. The molecule has 6 nitrogen and oxygen atoms in total. The van der Waals surface area contributed by atoms with E-state index < -0.39 is 0 Å². The molecule has 0 fully saturated rings. The minimum absolute atomic E-state index is 0.212. The van der Waals surface area contributed by atoms with E-state index in [1.165, 1.54) is 0 Å². The Morgan fingerprint density at radius 3 is 2.88 bits per heavy atom. The van der Waals surface area contributed by atoms with Gasteiger partial charge in [0.25, 0.3) is 0 Å². The first-order valence-electron chi connectivity index (χ1n) is 7.65. The molecule has 0 atom stereocenters. The van der Waals surface area contributed by atoms with E-state index in [2.05, 4.69) is 15.3 Å². The van der Waals surface area contributed by atoms with E-state index in [9.17, 15) is 5.26 Å². The molecular formula is C19H16N4O2. The Bertz CT molecular complexity index is 911. The Balaban J connectivity index is 1.76. The molecule has 0 bridgehead atoms. The number of methoxy groups -OCH3 is 1. The quantitative estimate of drug-likeness (QED) is 0.740. The number of ether oxygens (including phenoxy) is 1. The van der Waals surface area contributed by atoms with Gasteiger partial charge in [0.2, 0.25) is 17.5 Å². The summed E-state index contributed by atoms with van der Waals surface area (Å²) in [5, 5.41) is 12.3. The number of hydrogen-bond donors (Lipinski definition) is 1. The molecule has 0 radical (unpaired) electrons. The van der Waals surface area contributed by atoms with Gasteiger partial charge in [-0.25, -0.2) is 0 Å². The summed E-state index contributed by atoms with van der Waals surface area (Å²) in [7, 11) is 1.62. The van der Waals surface area contributed by atoms with Crippen molar-refractivity contribution < 1.29 is 9.15 Å². The second kappa shape index (κ2) is 7.79. The molecular weight excluding hydrogens is 316 g/mol. The van der Waals surface area contributed by atoms with Crippen LogP contribution in [0.5, 0.6) is 5.75 Å². The van der Waals surface area contributed by atoms with Gasteiger partial charge >= 0.3 is 0 Å². The van der Waals surface area contributed by atoms with Crippen molar-refractivity contribution in [2.45, 2.75) is 6.54 Å². The molecule has 25 heavy (non-hydrogen) atoms. The number of para-hydroxylation sites is 1. The van der Waals surface area contributed by atoms with Crippen LogP contribution >= 0.6 is 0 Å². The van der Waals surface area contributed by atoms with Crippen LogP contribution in [-0.4, -0.2) is 17.1 Å². The van der Waals surface area contributed by atoms with Crippen molar-refractivity contribution in [2.75, 3.05) is 12.4 Å². The van der Waals surface area contributed by atoms with Crippen LogP contribution in [0, 0.1) is 11.3 Å². The fourth-order valence-corrected chi connectivity index (χ4v) is 2.25. The molecule has 1 N–H and O–H groups in total. The Kier molecular flexibility index (Phi) is 5.07. The number of pyridine rings is 1. The highest BCUT2D eigenvalue weighted by Gasteiger charge is 2.11. The third kappa shape index (κ3) is 4.03. The fraction of sp³-hybridized carbons (Fsp3) is 0.105. The van der Waals surface area contributed by atoms with Crippen molar-refractivity contribution in [3.63, 3.8) is 0 Å². The average molecular weight is 332 g/mol. The number of aromatic nitrogens is 2. The zero-order valence-electron chi connectivity index (χ0n) is 13.6. The summed E-state index contributed by atoms with van der Waals surface area (Å²) >= 11 is 0. The van der Waals surface area contributed by atoms with E-state index in [1.54, 1.807) is 25.6 Å². The molecule has 0 aliphatic rings. The minimum Gasteiger partial charge on any atom is -0.496 e. The van der Waals surface area contributed by atoms with Crippen LogP contribution in [0.25, 0.3) is 12.2 Å². The van der Waals surface area contributed by atoms with Crippen LogP contribution < -0.4 is 10.1 Å². The molecule has 3 aromatic rings. The molecule has 6 heteroatoms. The van der Waals surface area contributed by atoms with Gasteiger partial charge in [-0.3, -0.25) is 4.98 Å². The SMILES string of the molecule is COc1ccccc1/C=C/c1nc(C#N)c(NCc2cccnc2)o1. The number of benzene rings is 1. The van der Waals surface area contributed by atoms with E-state index in [0.717, 1.165) is 16.9 Å². The summed E-state index contributed by atoms with van der Waals surface area (Å²) in [4.78, 5) is 8.23. The van der Waals surface area contributed by atoms with Gasteiger partial charge in [0.05, 0.1) is 7.11 Å². The molecule has 0 saturated carbocycles. The lowest BCUT2D eigenvalue weighted by Crippen LogP contribution is -1.99. The summed E-state index contributed by atoms with van der Waals surface area (Å²) in [6.07, 6.45) is 6.99. The lowest BCUT2D eigenvalue weighted by atomic mass is 10.2. The van der Waals surface area contributed by atoms with E-state index in [-0.39, 0.29) is 5.69 Å². The first kappa shape index (κ1) is 16.3. The maximum atomic E-state index is 9.23. The highest BCUT2D eigenvalue weighted by atomic mass is 16.5. The van der Waals surface area contributed by atoms with Crippen molar-refractivity contribution in [3.05, 3.63) is 71.5 Å². The number of anilines is 1. The van der Waals surface area contributed by atoms with E-state index >= 15 is 0 Å². The lowest BCUT2D eigenvalue weighted by molar-refractivity contribution is 0.414. The monoisotopic (exact) mass is 332 g/mol. The molecule has 2 aromatic heterocycles. The van der Waals surface area contributed by atoms with Gasteiger partial charge in [-0.05, 0) is 23.8 Å². The van der Waals surface area contributed by atoms with E-state index in [1.807, 2.05) is 48.5 Å². The molecule has 0 unspecified atom stereocenters. The van der Waals surface area contributed by atoms with Crippen LogP contribution in [-0.2, 0) is 6.54 Å².